The zero-order valence-electron chi connectivity index (χ0n) is 14.3. The van der Waals surface area contributed by atoms with E-state index in [1.807, 2.05) is 53.1 Å². The van der Waals surface area contributed by atoms with Crippen molar-refractivity contribution in [2.45, 2.75) is 23.9 Å². The van der Waals surface area contributed by atoms with Gasteiger partial charge in [0.2, 0.25) is 0 Å². The fourth-order valence-electron chi connectivity index (χ4n) is 2.60. The smallest absolute Gasteiger partial charge is 0.191 e. The Bertz CT molecular complexity index is 1020. The van der Waals surface area contributed by atoms with Gasteiger partial charge in [0.1, 0.15) is 6.33 Å². The highest BCUT2D eigenvalue weighted by atomic mass is 35.5. The summed E-state index contributed by atoms with van der Waals surface area (Å²) in [6.45, 7) is 0.774. The van der Waals surface area contributed by atoms with Gasteiger partial charge in [-0.3, -0.25) is 4.98 Å². The molecule has 136 valence electrons. The molecule has 0 fully saturated rings. The maximum Gasteiger partial charge on any atom is 0.191 e. The van der Waals surface area contributed by atoms with Gasteiger partial charge in [-0.25, -0.2) is 0 Å². The fourth-order valence-corrected chi connectivity index (χ4v) is 3.65. The topological polar surface area (TPSA) is 69.6 Å². The van der Waals surface area contributed by atoms with Gasteiger partial charge in [-0.2, -0.15) is 0 Å². The second-order valence-electron chi connectivity index (χ2n) is 5.83. The predicted octanol–water partition coefficient (Wildman–Crippen LogP) is 4.52. The van der Waals surface area contributed by atoms with Gasteiger partial charge in [-0.1, -0.05) is 46.7 Å². The van der Waals surface area contributed by atoms with E-state index in [-0.39, 0.29) is 0 Å². The van der Waals surface area contributed by atoms with Crippen LogP contribution in [-0.2, 0) is 18.7 Å². The van der Waals surface area contributed by atoms with Crippen LogP contribution in [0, 0.1) is 0 Å². The van der Waals surface area contributed by atoms with Crippen LogP contribution in [-0.4, -0.2) is 24.9 Å². The molecule has 0 aliphatic heterocycles. The third-order valence-electron chi connectivity index (χ3n) is 3.96. The maximum atomic E-state index is 6.21. The van der Waals surface area contributed by atoms with Crippen LogP contribution in [0.1, 0.15) is 11.4 Å². The van der Waals surface area contributed by atoms with Crippen LogP contribution in [0.25, 0.3) is 11.3 Å². The number of aromatic nitrogens is 5. The highest BCUT2D eigenvalue weighted by Crippen LogP contribution is 2.29. The molecule has 0 saturated heterocycles. The summed E-state index contributed by atoms with van der Waals surface area (Å²) in [5.74, 6) is 1.30. The van der Waals surface area contributed by atoms with Gasteiger partial charge in [-0.05, 0) is 24.3 Å². The van der Waals surface area contributed by atoms with Gasteiger partial charge >= 0.3 is 0 Å². The molecule has 0 amide bonds. The number of benzene rings is 1. The lowest BCUT2D eigenvalue weighted by molar-refractivity contribution is 0.426. The first-order valence-corrected chi connectivity index (χ1v) is 9.77. The van der Waals surface area contributed by atoms with E-state index in [4.69, 9.17) is 16.1 Å². The second kappa shape index (κ2) is 8.37. The molecule has 0 atom stereocenters. The Morgan fingerprint density at radius 3 is 2.81 bits per heavy atom. The molecule has 0 aliphatic rings. The molecule has 0 aliphatic carbocycles. The minimum Gasteiger partial charge on any atom is -0.356 e. The number of rotatable bonds is 7. The van der Waals surface area contributed by atoms with E-state index in [0.29, 0.717) is 16.5 Å². The van der Waals surface area contributed by atoms with Gasteiger partial charge in [0.05, 0.1) is 10.7 Å². The van der Waals surface area contributed by atoms with Crippen molar-refractivity contribution in [3.8, 4) is 11.3 Å². The minimum absolute atomic E-state index is 0.635. The van der Waals surface area contributed by atoms with Crippen LogP contribution in [0.5, 0.6) is 0 Å². The summed E-state index contributed by atoms with van der Waals surface area (Å²) in [6.07, 6.45) is 4.37. The van der Waals surface area contributed by atoms with E-state index in [2.05, 4.69) is 20.3 Å². The zero-order chi connectivity index (χ0) is 18.5. The average Bonchev–Trinajstić information content (AvgIpc) is 3.35. The quantitative estimate of drug-likeness (QED) is 0.427. The van der Waals surface area contributed by atoms with Gasteiger partial charge in [0.25, 0.3) is 0 Å². The number of thioether (sulfide) groups is 1. The lowest BCUT2D eigenvalue weighted by Crippen LogP contribution is -2.03. The molecule has 0 bridgehead atoms. The molecule has 27 heavy (non-hydrogen) atoms. The van der Waals surface area contributed by atoms with E-state index in [1.165, 1.54) is 0 Å². The molecule has 4 aromatic rings. The molecule has 0 spiro atoms. The van der Waals surface area contributed by atoms with Crippen LogP contribution in [0.15, 0.2) is 70.7 Å². The molecule has 1 aromatic carbocycles. The first-order valence-electron chi connectivity index (χ1n) is 8.40. The molecular formula is C19H16ClN5OS. The molecule has 4 rings (SSSR count). The summed E-state index contributed by atoms with van der Waals surface area (Å²) < 4.78 is 7.46. The predicted molar refractivity (Wildman–Crippen MR) is 104 cm³/mol. The summed E-state index contributed by atoms with van der Waals surface area (Å²) >= 11 is 7.78. The molecule has 0 radical (unpaired) electrons. The monoisotopic (exact) mass is 397 g/mol. The molecule has 0 saturated carbocycles. The van der Waals surface area contributed by atoms with E-state index < -0.39 is 0 Å². The number of hydrogen-bond donors (Lipinski definition) is 0. The summed E-state index contributed by atoms with van der Waals surface area (Å²) in [5.41, 5.74) is 2.71. The Morgan fingerprint density at radius 1 is 1.07 bits per heavy atom. The van der Waals surface area contributed by atoms with Crippen LogP contribution in [0.2, 0.25) is 5.02 Å². The van der Waals surface area contributed by atoms with Crippen LogP contribution < -0.4 is 0 Å². The summed E-state index contributed by atoms with van der Waals surface area (Å²) in [5, 5.41) is 13.8. The zero-order valence-corrected chi connectivity index (χ0v) is 15.9. The fraction of sp³-hybridized carbons (Fsp3) is 0.158. The van der Waals surface area contributed by atoms with E-state index in [9.17, 15) is 0 Å². The molecule has 6 nitrogen and oxygen atoms in total. The first-order chi connectivity index (χ1) is 13.3. The van der Waals surface area contributed by atoms with Crippen LogP contribution >= 0.6 is 23.4 Å². The standard InChI is InChI=1S/C19H16ClN5OS/c20-17-7-2-1-6-16(17)18-11-15(24-26-18)12-27-19-23-22-13-25(19)10-8-14-5-3-4-9-21-14/h1-7,9,11,13H,8,10,12H2. The molecular weight excluding hydrogens is 382 g/mol. The third-order valence-corrected chi connectivity index (χ3v) is 5.31. The normalized spacial score (nSPS) is 11.0. The number of hydrogen-bond acceptors (Lipinski definition) is 6. The Labute approximate surface area is 165 Å². The van der Waals surface area contributed by atoms with Crippen molar-refractivity contribution in [1.82, 2.24) is 24.9 Å². The number of pyridine rings is 1. The Hall–Kier alpha value is -2.64. The van der Waals surface area contributed by atoms with E-state index >= 15 is 0 Å². The molecule has 3 heterocycles. The lowest BCUT2D eigenvalue weighted by Gasteiger charge is -2.05. The first kappa shape index (κ1) is 17.8. The highest BCUT2D eigenvalue weighted by Gasteiger charge is 2.12. The van der Waals surface area contributed by atoms with Crippen molar-refractivity contribution >= 4 is 23.4 Å². The lowest BCUT2D eigenvalue weighted by atomic mass is 10.2. The molecule has 0 N–H and O–H groups in total. The average molecular weight is 398 g/mol. The van der Waals surface area contributed by atoms with E-state index in [0.717, 1.165) is 35.1 Å². The molecule has 3 aromatic heterocycles. The summed E-state index contributed by atoms with van der Waals surface area (Å²) in [7, 11) is 0. The summed E-state index contributed by atoms with van der Waals surface area (Å²) in [4.78, 5) is 4.35. The van der Waals surface area contributed by atoms with Gasteiger partial charge < -0.3 is 9.09 Å². The second-order valence-corrected chi connectivity index (χ2v) is 7.18. The largest absolute Gasteiger partial charge is 0.356 e. The van der Waals surface area contributed by atoms with Gasteiger partial charge in [0.15, 0.2) is 10.9 Å². The van der Waals surface area contributed by atoms with Crippen molar-refractivity contribution in [2.24, 2.45) is 0 Å². The SMILES string of the molecule is Clc1ccccc1-c1cc(CSc2nncn2CCc2ccccn2)no1. The van der Waals surface area contributed by atoms with Crippen LogP contribution in [0.4, 0.5) is 0 Å². The van der Waals surface area contributed by atoms with Crippen LogP contribution in [0.3, 0.4) is 0 Å². The van der Waals surface area contributed by atoms with E-state index in [1.54, 1.807) is 24.3 Å². The van der Waals surface area contributed by atoms with Crippen molar-refractivity contribution in [1.29, 1.82) is 0 Å². The Morgan fingerprint density at radius 2 is 1.96 bits per heavy atom. The van der Waals surface area contributed by atoms with Crippen molar-refractivity contribution < 1.29 is 4.52 Å². The minimum atomic E-state index is 0.635. The van der Waals surface area contributed by atoms with Crippen molar-refractivity contribution in [2.75, 3.05) is 0 Å². The molecule has 0 unspecified atom stereocenters. The number of nitrogens with zero attached hydrogens (tertiary/aromatic N) is 5. The Kier molecular flexibility index (Phi) is 5.50. The van der Waals surface area contributed by atoms with Crippen molar-refractivity contribution in [3.63, 3.8) is 0 Å². The van der Waals surface area contributed by atoms with Gasteiger partial charge in [0, 0.05) is 42.2 Å². The van der Waals surface area contributed by atoms with Crippen molar-refractivity contribution in [3.05, 3.63) is 77.5 Å². The maximum absolute atomic E-state index is 6.21. The highest BCUT2D eigenvalue weighted by molar-refractivity contribution is 7.98. The number of aryl methyl sites for hydroxylation is 2. The Balaban J connectivity index is 1.39. The molecule has 8 heteroatoms. The third kappa shape index (κ3) is 4.37. The van der Waals surface area contributed by atoms with Gasteiger partial charge in [-0.15, -0.1) is 10.2 Å². The number of halogens is 1. The summed E-state index contributed by atoms with van der Waals surface area (Å²) in [6, 6.07) is 15.4.